The summed E-state index contributed by atoms with van der Waals surface area (Å²) in [6.45, 7) is 4.75. The highest BCUT2D eigenvalue weighted by molar-refractivity contribution is 6.31. The van der Waals surface area contributed by atoms with E-state index in [1.807, 2.05) is 12.1 Å². The van der Waals surface area contributed by atoms with Crippen molar-refractivity contribution < 1.29 is 4.74 Å². The van der Waals surface area contributed by atoms with Gasteiger partial charge in [0.15, 0.2) is 0 Å². The number of hydrogen-bond donors (Lipinski definition) is 1. The maximum atomic E-state index is 6.18. The van der Waals surface area contributed by atoms with E-state index in [-0.39, 0.29) is 5.60 Å². The first kappa shape index (κ1) is 9.64. The Hall–Kier alpha value is -0.570. The second kappa shape index (κ2) is 3.21. The summed E-state index contributed by atoms with van der Waals surface area (Å²) in [7, 11) is 0. The van der Waals surface area contributed by atoms with E-state index in [9.17, 15) is 0 Å². The Morgan fingerprint density at radius 1 is 1.53 bits per heavy atom. The van der Waals surface area contributed by atoms with E-state index in [1.54, 1.807) is 0 Å². The van der Waals surface area contributed by atoms with Gasteiger partial charge in [-0.3, -0.25) is 0 Å². The molecule has 1 aromatic carbocycles. The Morgan fingerprint density at radius 3 is 3.27 bits per heavy atom. The molecule has 1 aromatic rings. The van der Waals surface area contributed by atoms with Crippen LogP contribution in [0.25, 0.3) is 0 Å². The van der Waals surface area contributed by atoms with Crippen LogP contribution in [-0.2, 0) is 11.3 Å². The molecule has 0 unspecified atom stereocenters. The van der Waals surface area contributed by atoms with Gasteiger partial charge in [-0.25, -0.2) is 0 Å². The Labute approximate surface area is 94.6 Å². The molecule has 2 aliphatic rings. The van der Waals surface area contributed by atoms with E-state index < -0.39 is 0 Å². The van der Waals surface area contributed by atoms with Crippen molar-refractivity contribution in [2.75, 3.05) is 13.1 Å². The van der Waals surface area contributed by atoms with Crippen LogP contribution < -0.4 is 5.32 Å². The van der Waals surface area contributed by atoms with Gasteiger partial charge in [-0.1, -0.05) is 23.7 Å². The summed E-state index contributed by atoms with van der Waals surface area (Å²) in [5.41, 5.74) is 2.49. The van der Waals surface area contributed by atoms with Gasteiger partial charge in [0.1, 0.15) is 0 Å². The van der Waals surface area contributed by atoms with Crippen LogP contribution in [0.3, 0.4) is 0 Å². The molecule has 0 radical (unpaired) electrons. The third-order valence-electron chi connectivity index (χ3n) is 3.64. The Bertz CT molecular complexity index is 407. The summed E-state index contributed by atoms with van der Waals surface area (Å²) in [5, 5.41) is 4.23. The molecule has 15 heavy (non-hydrogen) atoms. The summed E-state index contributed by atoms with van der Waals surface area (Å²) in [5.74, 6) is 0.444. The van der Waals surface area contributed by atoms with Crippen molar-refractivity contribution in [2.45, 2.75) is 25.0 Å². The molecule has 3 heteroatoms. The quantitative estimate of drug-likeness (QED) is 0.729. The molecular formula is C12H14ClNO. The van der Waals surface area contributed by atoms with Crippen LogP contribution in [0.15, 0.2) is 18.2 Å². The second-order valence-corrected chi connectivity index (χ2v) is 5.00. The summed E-state index contributed by atoms with van der Waals surface area (Å²) in [6, 6.07) is 6.15. The fraction of sp³-hybridized carbons (Fsp3) is 0.500. The minimum atomic E-state index is -0.0440. The van der Waals surface area contributed by atoms with E-state index in [4.69, 9.17) is 16.3 Å². The zero-order valence-corrected chi connectivity index (χ0v) is 9.47. The lowest BCUT2D eigenvalue weighted by molar-refractivity contribution is -0.0517. The van der Waals surface area contributed by atoms with Gasteiger partial charge in [0.2, 0.25) is 0 Å². The Kier molecular flexibility index (Phi) is 2.06. The average molecular weight is 224 g/mol. The molecule has 1 N–H and O–H groups in total. The number of fused-ring (bicyclic) bond motifs is 3. The predicted octanol–water partition coefficient (Wildman–Crippen LogP) is 2.32. The number of ether oxygens (including phenoxy) is 1. The molecule has 1 saturated heterocycles. The first-order valence-corrected chi connectivity index (χ1v) is 5.70. The summed E-state index contributed by atoms with van der Waals surface area (Å²) >= 11 is 6.18. The van der Waals surface area contributed by atoms with Gasteiger partial charge < -0.3 is 10.1 Å². The number of benzene rings is 1. The van der Waals surface area contributed by atoms with Crippen molar-refractivity contribution in [1.82, 2.24) is 5.32 Å². The fourth-order valence-electron chi connectivity index (χ4n) is 2.69. The standard InChI is InChI=1S/C12H14ClNO/c1-12-7-14-5-10(12)8-3-2-4-11(13)9(8)6-15-12/h2-4,10,14H,5-7H2,1H3/t10-,12+/m1/s1. The van der Waals surface area contributed by atoms with Crippen molar-refractivity contribution in [3.63, 3.8) is 0 Å². The Balaban J connectivity index is 2.13. The van der Waals surface area contributed by atoms with Gasteiger partial charge in [-0.05, 0) is 24.1 Å². The van der Waals surface area contributed by atoms with Crippen LogP contribution in [0.4, 0.5) is 0 Å². The zero-order chi connectivity index (χ0) is 10.5. The van der Waals surface area contributed by atoms with Crippen LogP contribution in [0.1, 0.15) is 24.0 Å². The predicted molar refractivity (Wildman–Crippen MR) is 60.3 cm³/mol. The molecule has 1 fully saturated rings. The topological polar surface area (TPSA) is 21.3 Å². The minimum absolute atomic E-state index is 0.0440. The van der Waals surface area contributed by atoms with E-state index in [1.165, 1.54) is 11.1 Å². The second-order valence-electron chi connectivity index (χ2n) is 4.59. The molecule has 0 spiro atoms. The molecule has 0 aromatic heterocycles. The lowest BCUT2D eigenvalue weighted by Gasteiger charge is -2.37. The van der Waals surface area contributed by atoms with Gasteiger partial charge in [0.05, 0.1) is 12.2 Å². The molecule has 2 atom stereocenters. The third kappa shape index (κ3) is 1.32. The third-order valence-corrected chi connectivity index (χ3v) is 3.99. The first-order chi connectivity index (χ1) is 7.21. The Morgan fingerprint density at radius 2 is 2.40 bits per heavy atom. The highest BCUT2D eigenvalue weighted by Crippen LogP contribution is 2.42. The number of nitrogens with one attached hydrogen (secondary N) is 1. The minimum Gasteiger partial charge on any atom is -0.369 e. The number of halogens is 1. The molecule has 3 rings (SSSR count). The molecule has 80 valence electrons. The van der Waals surface area contributed by atoms with Gasteiger partial charge in [0, 0.05) is 24.0 Å². The molecular weight excluding hydrogens is 210 g/mol. The lowest BCUT2D eigenvalue weighted by Crippen LogP contribution is -2.39. The SMILES string of the molecule is C[C@]12CNC[C@@H]1c1cccc(Cl)c1CO2. The average Bonchev–Trinajstić information content (AvgIpc) is 2.60. The molecule has 2 aliphatic heterocycles. The fourth-order valence-corrected chi connectivity index (χ4v) is 2.92. The molecule has 2 heterocycles. The van der Waals surface area contributed by atoms with Crippen molar-refractivity contribution in [3.8, 4) is 0 Å². The maximum absolute atomic E-state index is 6.18. The van der Waals surface area contributed by atoms with E-state index in [0.29, 0.717) is 12.5 Å². The highest BCUT2D eigenvalue weighted by Gasteiger charge is 2.44. The maximum Gasteiger partial charge on any atom is 0.0863 e. The summed E-state index contributed by atoms with van der Waals surface area (Å²) in [4.78, 5) is 0. The van der Waals surface area contributed by atoms with Gasteiger partial charge in [-0.2, -0.15) is 0 Å². The highest BCUT2D eigenvalue weighted by atomic mass is 35.5. The van der Waals surface area contributed by atoms with E-state index >= 15 is 0 Å². The van der Waals surface area contributed by atoms with Crippen LogP contribution in [-0.4, -0.2) is 18.7 Å². The van der Waals surface area contributed by atoms with Crippen molar-refractivity contribution in [2.24, 2.45) is 0 Å². The number of hydrogen-bond acceptors (Lipinski definition) is 2. The summed E-state index contributed by atoms with van der Waals surface area (Å²) in [6.07, 6.45) is 0. The van der Waals surface area contributed by atoms with E-state index in [0.717, 1.165) is 18.1 Å². The monoisotopic (exact) mass is 223 g/mol. The molecule has 0 saturated carbocycles. The van der Waals surface area contributed by atoms with Crippen LogP contribution in [0, 0.1) is 0 Å². The van der Waals surface area contributed by atoms with E-state index in [2.05, 4.69) is 18.3 Å². The van der Waals surface area contributed by atoms with Gasteiger partial charge >= 0.3 is 0 Å². The van der Waals surface area contributed by atoms with Crippen LogP contribution in [0.2, 0.25) is 5.02 Å². The van der Waals surface area contributed by atoms with Crippen LogP contribution in [0.5, 0.6) is 0 Å². The summed E-state index contributed by atoms with van der Waals surface area (Å²) < 4.78 is 5.95. The first-order valence-electron chi connectivity index (χ1n) is 5.33. The van der Waals surface area contributed by atoms with Crippen molar-refractivity contribution >= 4 is 11.6 Å². The molecule has 0 amide bonds. The number of rotatable bonds is 0. The van der Waals surface area contributed by atoms with Gasteiger partial charge in [-0.15, -0.1) is 0 Å². The smallest absolute Gasteiger partial charge is 0.0863 e. The van der Waals surface area contributed by atoms with Crippen molar-refractivity contribution in [3.05, 3.63) is 34.3 Å². The molecule has 0 aliphatic carbocycles. The van der Waals surface area contributed by atoms with Gasteiger partial charge in [0.25, 0.3) is 0 Å². The zero-order valence-electron chi connectivity index (χ0n) is 8.72. The normalized spacial score (nSPS) is 33.6. The largest absolute Gasteiger partial charge is 0.369 e. The lowest BCUT2D eigenvalue weighted by atomic mass is 9.81. The molecule has 2 nitrogen and oxygen atoms in total. The van der Waals surface area contributed by atoms with Crippen molar-refractivity contribution in [1.29, 1.82) is 0 Å². The van der Waals surface area contributed by atoms with Crippen LogP contribution >= 0.6 is 11.6 Å². The molecule has 0 bridgehead atoms.